The Labute approximate surface area is 108 Å². The molecule has 5 heteroatoms. The highest BCUT2D eigenvalue weighted by molar-refractivity contribution is 9.10. The minimum Gasteiger partial charge on any atom is -0.348 e. The van der Waals surface area contributed by atoms with E-state index in [0.717, 1.165) is 21.4 Å². The van der Waals surface area contributed by atoms with Gasteiger partial charge in [0, 0.05) is 15.9 Å². The minimum absolute atomic E-state index is 0.200. The molecule has 2 aromatic rings. The highest BCUT2D eigenvalue weighted by Gasteiger charge is 2.12. The number of benzene rings is 1. The van der Waals surface area contributed by atoms with Crippen molar-refractivity contribution in [3.05, 3.63) is 46.0 Å². The molecule has 1 aromatic carbocycles. The van der Waals surface area contributed by atoms with Crippen molar-refractivity contribution >= 4 is 27.5 Å². The second-order valence-electron chi connectivity index (χ2n) is 3.79. The number of imidazole rings is 1. The second kappa shape index (κ2) is 4.71. The fourth-order valence-corrected chi connectivity index (χ4v) is 2.01. The molecule has 17 heavy (non-hydrogen) atoms. The van der Waals surface area contributed by atoms with Crippen molar-refractivity contribution in [3.8, 4) is 0 Å². The quantitative estimate of drug-likeness (QED) is 0.894. The smallest absolute Gasteiger partial charge is 0.276 e. The molecule has 0 aliphatic rings. The molecule has 1 heterocycles. The van der Waals surface area contributed by atoms with Crippen LogP contribution in [0.4, 0.5) is 5.69 Å². The van der Waals surface area contributed by atoms with Crippen LogP contribution in [0.1, 0.15) is 21.7 Å². The second-order valence-corrected chi connectivity index (χ2v) is 4.71. The van der Waals surface area contributed by atoms with Crippen molar-refractivity contribution in [1.82, 2.24) is 9.97 Å². The van der Waals surface area contributed by atoms with Crippen molar-refractivity contribution in [2.24, 2.45) is 0 Å². The van der Waals surface area contributed by atoms with Gasteiger partial charge in [-0.15, -0.1) is 0 Å². The van der Waals surface area contributed by atoms with E-state index in [1.54, 1.807) is 0 Å². The van der Waals surface area contributed by atoms with Crippen LogP contribution in [-0.2, 0) is 0 Å². The fraction of sp³-hybridized carbons (Fsp3) is 0.167. The van der Waals surface area contributed by atoms with Gasteiger partial charge in [-0.3, -0.25) is 4.79 Å². The Bertz CT molecular complexity index is 563. The summed E-state index contributed by atoms with van der Waals surface area (Å²) in [6, 6.07) is 5.70. The van der Waals surface area contributed by atoms with Crippen LogP contribution in [-0.4, -0.2) is 15.9 Å². The summed E-state index contributed by atoms with van der Waals surface area (Å²) in [5.74, 6) is -0.200. The van der Waals surface area contributed by atoms with Crippen LogP contribution in [0.25, 0.3) is 0 Å². The van der Waals surface area contributed by atoms with Gasteiger partial charge in [0.15, 0.2) is 0 Å². The number of carbonyl (C=O) groups excluding carboxylic acids is 1. The molecule has 4 nitrogen and oxygen atoms in total. The number of hydrogen-bond donors (Lipinski definition) is 2. The number of halogens is 1. The van der Waals surface area contributed by atoms with Gasteiger partial charge in [-0.25, -0.2) is 4.98 Å². The Morgan fingerprint density at radius 1 is 1.41 bits per heavy atom. The predicted octanol–water partition coefficient (Wildman–Crippen LogP) is 3.04. The predicted molar refractivity (Wildman–Crippen MR) is 70.2 cm³/mol. The van der Waals surface area contributed by atoms with Crippen LogP contribution in [0.3, 0.4) is 0 Å². The zero-order valence-electron chi connectivity index (χ0n) is 9.54. The molecule has 0 atom stereocenters. The van der Waals surface area contributed by atoms with Crippen LogP contribution in [0.15, 0.2) is 29.0 Å². The van der Waals surface area contributed by atoms with E-state index in [1.165, 1.54) is 6.33 Å². The van der Waals surface area contributed by atoms with Gasteiger partial charge in [-0.1, -0.05) is 15.9 Å². The monoisotopic (exact) mass is 293 g/mol. The maximum atomic E-state index is 11.9. The molecule has 0 aliphatic carbocycles. The molecule has 0 spiro atoms. The fourth-order valence-electron chi connectivity index (χ4n) is 1.54. The highest BCUT2D eigenvalue weighted by atomic mass is 79.9. The van der Waals surface area contributed by atoms with Crippen molar-refractivity contribution in [2.75, 3.05) is 5.32 Å². The standard InChI is InChI=1S/C12H12BrN3O/c1-7-5-9(13)3-4-10(7)16-12(17)11-8(2)14-6-15-11/h3-6H,1-2H3,(H,14,15)(H,16,17). The number of nitrogens with zero attached hydrogens (tertiary/aromatic N) is 1. The van der Waals surface area contributed by atoms with E-state index in [-0.39, 0.29) is 5.91 Å². The number of hydrogen-bond acceptors (Lipinski definition) is 2. The number of carbonyl (C=O) groups is 1. The third-order valence-corrected chi connectivity index (χ3v) is 2.97. The lowest BCUT2D eigenvalue weighted by atomic mass is 10.2. The van der Waals surface area contributed by atoms with Gasteiger partial charge in [0.2, 0.25) is 0 Å². The summed E-state index contributed by atoms with van der Waals surface area (Å²) >= 11 is 3.38. The third-order valence-electron chi connectivity index (χ3n) is 2.48. The zero-order valence-corrected chi connectivity index (χ0v) is 11.1. The number of aryl methyl sites for hydroxylation is 2. The van der Waals surface area contributed by atoms with Crippen molar-refractivity contribution in [2.45, 2.75) is 13.8 Å². The molecule has 0 fully saturated rings. The lowest BCUT2D eigenvalue weighted by Gasteiger charge is -2.07. The number of nitrogens with one attached hydrogen (secondary N) is 2. The van der Waals surface area contributed by atoms with E-state index >= 15 is 0 Å². The first-order chi connectivity index (χ1) is 8.08. The summed E-state index contributed by atoms with van der Waals surface area (Å²) in [6.07, 6.45) is 1.51. The summed E-state index contributed by atoms with van der Waals surface area (Å²) in [5.41, 5.74) is 2.98. The number of rotatable bonds is 2. The van der Waals surface area contributed by atoms with E-state index < -0.39 is 0 Å². The first kappa shape index (κ1) is 11.9. The maximum absolute atomic E-state index is 11.9. The molecule has 0 saturated heterocycles. The van der Waals surface area contributed by atoms with Crippen LogP contribution in [0, 0.1) is 13.8 Å². The van der Waals surface area contributed by atoms with E-state index in [0.29, 0.717) is 5.69 Å². The maximum Gasteiger partial charge on any atom is 0.276 e. The normalized spacial score (nSPS) is 10.3. The average molecular weight is 294 g/mol. The molecule has 0 saturated carbocycles. The summed E-state index contributed by atoms with van der Waals surface area (Å²) in [4.78, 5) is 18.8. The number of aromatic nitrogens is 2. The molecule has 0 aliphatic heterocycles. The van der Waals surface area contributed by atoms with Crippen LogP contribution < -0.4 is 5.32 Å². The van der Waals surface area contributed by atoms with E-state index in [4.69, 9.17) is 0 Å². The third kappa shape index (κ3) is 2.55. The summed E-state index contributed by atoms with van der Waals surface area (Å²) in [6.45, 7) is 3.76. The van der Waals surface area contributed by atoms with E-state index in [9.17, 15) is 4.79 Å². The SMILES string of the molecule is Cc1cc(Br)ccc1NC(=O)c1nc[nH]c1C. The first-order valence-corrected chi connectivity index (χ1v) is 5.94. The molecule has 2 N–H and O–H groups in total. The summed E-state index contributed by atoms with van der Waals surface area (Å²) in [7, 11) is 0. The van der Waals surface area contributed by atoms with Crippen LogP contribution >= 0.6 is 15.9 Å². The lowest BCUT2D eigenvalue weighted by molar-refractivity contribution is 0.102. The van der Waals surface area contributed by atoms with E-state index in [2.05, 4.69) is 31.2 Å². The van der Waals surface area contributed by atoms with Gasteiger partial charge >= 0.3 is 0 Å². The molecule has 1 amide bonds. The number of anilines is 1. The Morgan fingerprint density at radius 3 is 2.76 bits per heavy atom. The number of H-pyrrole nitrogens is 1. The molecule has 88 valence electrons. The topological polar surface area (TPSA) is 57.8 Å². The summed E-state index contributed by atoms with van der Waals surface area (Å²) < 4.78 is 0.990. The van der Waals surface area contributed by atoms with Gasteiger partial charge < -0.3 is 10.3 Å². The molecule has 0 bridgehead atoms. The molecular formula is C12H12BrN3O. The Kier molecular flexibility index (Phi) is 3.28. The van der Waals surface area contributed by atoms with Gasteiger partial charge in [-0.05, 0) is 37.6 Å². The van der Waals surface area contributed by atoms with E-state index in [1.807, 2.05) is 32.0 Å². The van der Waals surface area contributed by atoms with Gasteiger partial charge in [0.05, 0.1) is 6.33 Å². The van der Waals surface area contributed by atoms with Crippen molar-refractivity contribution in [1.29, 1.82) is 0 Å². The lowest BCUT2D eigenvalue weighted by Crippen LogP contribution is -2.14. The van der Waals surface area contributed by atoms with Crippen LogP contribution in [0.5, 0.6) is 0 Å². The largest absolute Gasteiger partial charge is 0.348 e. The number of aromatic amines is 1. The molecule has 0 radical (unpaired) electrons. The molecule has 1 aromatic heterocycles. The highest BCUT2D eigenvalue weighted by Crippen LogP contribution is 2.20. The molecular weight excluding hydrogens is 282 g/mol. The van der Waals surface area contributed by atoms with Crippen molar-refractivity contribution in [3.63, 3.8) is 0 Å². The Hall–Kier alpha value is -1.62. The molecule has 0 unspecified atom stereocenters. The van der Waals surface area contributed by atoms with Gasteiger partial charge in [0.1, 0.15) is 5.69 Å². The summed E-state index contributed by atoms with van der Waals surface area (Å²) in [5, 5.41) is 2.84. The Balaban J connectivity index is 2.22. The number of amides is 1. The van der Waals surface area contributed by atoms with Gasteiger partial charge in [-0.2, -0.15) is 0 Å². The average Bonchev–Trinajstić information content (AvgIpc) is 2.68. The molecule has 2 rings (SSSR count). The minimum atomic E-state index is -0.200. The van der Waals surface area contributed by atoms with Gasteiger partial charge in [0.25, 0.3) is 5.91 Å². The zero-order chi connectivity index (χ0) is 12.4. The first-order valence-electron chi connectivity index (χ1n) is 5.15. The van der Waals surface area contributed by atoms with Crippen molar-refractivity contribution < 1.29 is 4.79 Å². The van der Waals surface area contributed by atoms with Crippen LogP contribution in [0.2, 0.25) is 0 Å². The Morgan fingerprint density at radius 2 is 2.18 bits per heavy atom.